The van der Waals surface area contributed by atoms with Crippen molar-refractivity contribution in [1.29, 1.82) is 0 Å². The van der Waals surface area contributed by atoms with Gasteiger partial charge in [0.25, 0.3) is 0 Å². The molecule has 0 saturated carbocycles. The third kappa shape index (κ3) is 3.54. The molecule has 2 unspecified atom stereocenters. The fraction of sp³-hybridized carbons (Fsp3) is 0.500. The second-order valence-corrected chi connectivity index (χ2v) is 4.70. The largest absolute Gasteiger partial charge is 0.395 e. The molecule has 2 N–H and O–H groups in total. The molecular formula is C12H17BrFNO. The van der Waals surface area contributed by atoms with Crippen LogP contribution in [0, 0.1) is 5.82 Å². The highest BCUT2D eigenvalue weighted by atomic mass is 79.9. The van der Waals surface area contributed by atoms with Gasteiger partial charge in [0.15, 0.2) is 0 Å². The summed E-state index contributed by atoms with van der Waals surface area (Å²) < 4.78 is 13.7. The minimum atomic E-state index is -0.253. The van der Waals surface area contributed by atoms with Crippen LogP contribution in [0.2, 0.25) is 0 Å². The molecule has 0 aliphatic heterocycles. The number of benzene rings is 1. The van der Waals surface area contributed by atoms with Crippen molar-refractivity contribution in [3.05, 3.63) is 34.1 Å². The monoisotopic (exact) mass is 289 g/mol. The van der Waals surface area contributed by atoms with Gasteiger partial charge >= 0.3 is 0 Å². The highest BCUT2D eigenvalue weighted by Crippen LogP contribution is 2.24. The summed E-state index contributed by atoms with van der Waals surface area (Å²) in [4.78, 5) is 0. The summed E-state index contributed by atoms with van der Waals surface area (Å²) in [6.07, 6.45) is 0.861. The van der Waals surface area contributed by atoms with Gasteiger partial charge in [-0.1, -0.05) is 28.9 Å². The normalized spacial score (nSPS) is 14.8. The van der Waals surface area contributed by atoms with Crippen molar-refractivity contribution in [3.8, 4) is 0 Å². The Kier molecular flexibility index (Phi) is 5.38. The van der Waals surface area contributed by atoms with Crippen LogP contribution in [-0.4, -0.2) is 17.8 Å². The molecule has 4 heteroatoms. The van der Waals surface area contributed by atoms with E-state index in [0.29, 0.717) is 0 Å². The lowest BCUT2D eigenvalue weighted by Crippen LogP contribution is -2.34. The molecule has 16 heavy (non-hydrogen) atoms. The Morgan fingerprint density at radius 2 is 2.19 bits per heavy atom. The second kappa shape index (κ2) is 6.33. The molecule has 0 bridgehead atoms. The maximum atomic E-state index is 12.9. The van der Waals surface area contributed by atoms with Crippen molar-refractivity contribution in [2.24, 2.45) is 0 Å². The Morgan fingerprint density at radius 1 is 1.50 bits per heavy atom. The molecule has 0 heterocycles. The zero-order valence-electron chi connectivity index (χ0n) is 9.50. The van der Waals surface area contributed by atoms with Crippen molar-refractivity contribution < 1.29 is 9.50 Å². The van der Waals surface area contributed by atoms with Crippen LogP contribution in [0.4, 0.5) is 4.39 Å². The number of nitrogens with one attached hydrogen (secondary N) is 1. The number of aliphatic hydroxyl groups excluding tert-OH is 1. The molecule has 0 amide bonds. The molecule has 0 radical (unpaired) electrons. The molecule has 1 aromatic rings. The number of rotatable bonds is 5. The average molecular weight is 290 g/mol. The number of hydrogen-bond donors (Lipinski definition) is 2. The van der Waals surface area contributed by atoms with E-state index in [1.54, 1.807) is 6.07 Å². The Labute approximate surface area is 104 Å². The molecule has 2 atom stereocenters. The second-order valence-electron chi connectivity index (χ2n) is 3.84. The van der Waals surface area contributed by atoms with Crippen molar-refractivity contribution in [2.75, 3.05) is 6.61 Å². The molecule has 1 rings (SSSR count). The van der Waals surface area contributed by atoms with Crippen molar-refractivity contribution in [1.82, 2.24) is 5.32 Å². The minimum Gasteiger partial charge on any atom is -0.395 e. The van der Waals surface area contributed by atoms with E-state index in [2.05, 4.69) is 21.2 Å². The summed E-state index contributed by atoms with van der Waals surface area (Å²) in [6.45, 7) is 4.12. The summed E-state index contributed by atoms with van der Waals surface area (Å²) in [7, 11) is 0. The Morgan fingerprint density at radius 3 is 2.69 bits per heavy atom. The Bertz CT molecular complexity index is 342. The zero-order chi connectivity index (χ0) is 12.1. The Balaban J connectivity index is 2.76. The molecule has 0 fully saturated rings. The molecular weight excluding hydrogens is 273 g/mol. The van der Waals surface area contributed by atoms with Crippen LogP contribution in [-0.2, 0) is 0 Å². The van der Waals surface area contributed by atoms with Crippen molar-refractivity contribution in [3.63, 3.8) is 0 Å². The predicted molar refractivity (Wildman–Crippen MR) is 66.8 cm³/mol. The topological polar surface area (TPSA) is 32.3 Å². The maximum Gasteiger partial charge on any atom is 0.124 e. The summed E-state index contributed by atoms with van der Waals surface area (Å²) in [5.74, 6) is -0.253. The van der Waals surface area contributed by atoms with E-state index in [0.717, 1.165) is 16.5 Å². The standard InChI is InChI=1S/C12H17BrFNO/c1-3-10(7-16)15-8(2)11-5-4-9(14)6-12(11)13/h4-6,8,10,15-16H,3,7H2,1-2H3. The first-order chi connectivity index (χ1) is 7.58. The lowest BCUT2D eigenvalue weighted by atomic mass is 10.1. The predicted octanol–water partition coefficient (Wildman–Crippen LogP) is 3.01. The van der Waals surface area contributed by atoms with E-state index in [1.165, 1.54) is 12.1 Å². The van der Waals surface area contributed by atoms with Gasteiger partial charge in [-0.15, -0.1) is 0 Å². The van der Waals surface area contributed by atoms with Crippen LogP contribution in [0.1, 0.15) is 31.9 Å². The fourth-order valence-corrected chi connectivity index (χ4v) is 2.29. The first-order valence-corrected chi connectivity index (χ1v) is 6.19. The van der Waals surface area contributed by atoms with Gasteiger partial charge in [0.2, 0.25) is 0 Å². The quantitative estimate of drug-likeness (QED) is 0.873. The van der Waals surface area contributed by atoms with Gasteiger partial charge in [0.05, 0.1) is 6.61 Å². The summed E-state index contributed by atoms with van der Waals surface area (Å²) in [5, 5.41) is 12.4. The van der Waals surface area contributed by atoms with E-state index in [-0.39, 0.29) is 24.5 Å². The highest BCUT2D eigenvalue weighted by Gasteiger charge is 2.13. The summed E-state index contributed by atoms with van der Waals surface area (Å²) in [5.41, 5.74) is 0.994. The van der Waals surface area contributed by atoms with Crippen molar-refractivity contribution in [2.45, 2.75) is 32.4 Å². The van der Waals surface area contributed by atoms with Crippen molar-refractivity contribution >= 4 is 15.9 Å². The first-order valence-electron chi connectivity index (χ1n) is 5.40. The fourth-order valence-electron chi connectivity index (χ4n) is 1.60. The number of hydrogen-bond acceptors (Lipinski definition) is 2. The van der Waals surface area contributed by atoms with Gasteiger partial charge in [-0.2, -0.15) is 0 Å². The molecule has 0 spiro atoms. The Hall–Kier alpha value is -0.450. The third-order valence-corrected chi connectivity index (χ3v) is 3.31. The first kappa shape index (κ1) is 13.6. The zero-order valence-corrected chi connectivity index (χ0v) is 11.1. The van der Waals surface area contributed by atoms with Gasteiger partial charge in [0.1, 0.15) is 5.82 Å². The van der Waals surface area contributed by atoms with Crippen LogP contribution in [0.3, 0.4) is 0 Å². The molecule has 0 saturated heterocycles. The van der Waals surface area contributed by atoms with E-state index >= 15 is 0 Å². The maximum absolute atomic E-state index is 12.9. The SMILES string of the molecule is CCC(CO)NC(C)c1ccc(F)cc1Br. The van der Waals surface area contributed by atoms with Gasteiger partial charge in [-0.25, -0.2) is 4.39 Å². The molecule has 0 aliphatic carbocycles. The van der Waals surface area contributed by atoms with Gasteiger partial charge in [-0.05, 0) is 31.0 Å². The molecule has 0 aliphatic rings. The van der Waals surface area contributed by atoms with Crippen LogP contribution in [0.25, 0.3) is 0 Å². The van der Waals surface area contributed by atoms with Gasteiger partial charge in [0, 0.05) is 16.6 Å². The van der Waals surface area contributed by atoms with Crippen LogP contribution < -0.4 is 5.32 Å². The van der Waals surface area contributed by atoms with E-state index in [1.807, 2.05) is 13.8 Å². The van der Waals surface area contributed by atoms with Gasteiger partial charge in [-0.3, -0.25) is 0 Å². The number of halogens is 2. The van der Waals surface area contributed by atoms with E-state index in [9.17, 15) is 4.39 Å². The van der Waals surface area contributed by atoms with E-state index < -0.39 is 0 Å². The van der Waals surface area contributed by atoms with Crippen LogP contribution in [0.15, 0.2) is 22.7 Å². The highest BCUT2D eigenvalue weighted by molar-refractivity contribution is 9.10. The minimum absolute atomic E-state index is 0.0759. The van der Waals surface area contributed by atoms with E-state index in [4.69, 9.17) is 5.11 Å². The molecule has 0 aromatic heterocycles. The smallest absolute Gasteiger partial charge is 0.124 e. The third-order valence-electron chi connectivity index (χ3n) is 2.63. The number of aliphatic hydroxyl groups is 1. The van der Waals surface area contributed by atoms with Crippen LogP contribution in [0.5, 0.6) is 0 Å². The summed E-state index contributed by atoms with van der Waals surface area (Å²) in [6, 6.07) is 4.80. The molecule has 2 nitrogen and oxygen atoms in total. The van der Waals surface area contributed by atoms with Gasteiger partial charge < -0.3 is 10.4 Å². The lowest BCUT2D eigenvalue weighted by Gasteiger charge is -2.21. The molecule has 90 valence electrons. The summed E-state index contributed by atoms with van der Waals surface area (Å²) >= 11 is 3.34. The lowest BCUT2D eigenvalue weighted by molar-refractivity contribution is 0.230. The average Bonchev–Trinajstić information content (AvgIpc) is 2.25. The van der Waals surface area contributed by atoms with Crippen LogP contribution >= 0.6 is 15.9 Å². The molecule has 1 aromatic carbocycles.